The Labute approximate surface area is 72.1 Å². The quantitative estimate of drug-likeness (QED) is 0.629. The summed E-state index contributed by atoms with van der Waals surface area (Å²) in [5.74, 6) is 0.973. The fourth-order valence-corrected chi connectivity index (χ4v) is 0.990. The van der Waals surface area contributed by atoms with E-state index in [4.69, 9.17) is 5.73 Å². The molecule has 0 spiro atoms. The van der Waals surface area contributed by atoms with Crippen molar-refractivity contribution in [2.24, 2.45) is 5.73 Å². The normalized spacial score (nSPS) is 12.6. The molecule has 0 aliphatic heterocycles. The number of nitrogens with two attached hydrogens (primary N) is 1. The molecule has 1 amide bonds. The van der Waals surface area contributed by atoms with Crippen molar-refractivity contribution in [1.29, 1.82) is 0 Å². The second-order valence-corrected chi connectivity index (χ2v) is 3.43. The van der Waals surface area contributed by atoms with Gasteiger partial charge in [0.1, 0.15) is 0 Å². The van der Waals surface area contributed by atoms with E-state index in [0.717, 1.165) is 5.75 Å². The maximum Gasteiger partial charge on any atom is 0.221 e. The van der Waals surface area contributed by atoms with Gasteiger partial charge in [0.05, 0.1) is 0 Å². The van der Waals surface area contributed by atoms with Crippen LogP contribution in [0.25, 0.3) is 0 Å². The van der Waals surface area contributed by atoms with Crippen LogP contribution in [-0.2, 0) is 4.79 Å². The average Bonchev–Trinajstić information content (AvgIpc) is 2.00. The molecule has 0 fully saturated rings. The van der Waals surface area contributed by atoms with Gasteiger partial charge in [-0.15, -0.1) is 0 Å². The Hall–Kier alpha value is -0.220. The lowest BCUT2D eigenvalue weighted by atomic mass is 10.3. The SMILES string of the molecule is CSCCC(=O)N[C@H](C)CN. The smallest absolute Gasteiger partial charge is 0.221 e. The van der Waals surface area contributed by atoms with Crippen LogP contribution in [0.15, 0.2) is 0 Å². The van der Waals surface area contributed by atoms with E-state index in [1.807, 2.05) is 13.2 Å². The molecule has 0 aliphatic rings. The number of hydrogen-bond donors (Lipinski definition) is 2. The fourth-order valence-electron chi connectivity index (χ4n) is 0.601. The number of carbonyl (C=O) groups is 1. The van der Waals surface area contributed by atoms with Gasteiger partial charge in [-0.1, -0.05) is 0 Å². The lowest BCUT2D eigenvalue weighted by Gasteiger charge is -2.10. The zero-order chi connectivity index (χ0) is 8.69. The number of thioether (sulfide) groups is 1. The lowest BCUT2D eigenvalue weighted by Crippen LogP contribution is -2.37. The molecular weight excluding hydrogens is 160 g/mol. The zero-order valence-electron chi connectivity index (χ0n) is 7.09. The van der Waals surface area contributed by atoms with Gasteiger partial charge in [-0.3, -0.25) is 4.79 Å². The van der Waals surface area contributed by atoms with Gasteiger partial charge >= 0.3 is 0 Å². The highest BCUT2D eigenvalue weighted by Crippen LogP contribution is 1.94. The molecule has 66 valence electrons. The second kappa shape index (κ2) is 6.49. The Bertz CT molecular complexity index is 119. The standard InChI is InChI=1S/C7H16N2OS/c1-6(5-8)9-7(10)3-4-11-2/h6H,3-5,8H2,1-2H3,(H,9,10)/t6-/m1/s1. The van der Waals surface area contributed by atoms with Crippen molar-refractivity contribution in [1.82, 2.24) is 5.32 Å². The first kappa shape index (κ1) is 10.8. The molecule has 0 saturated carbocycles. The Morgan fingerprint density at radius 1 is 1.73 bits per heavy atom. The molecular formula is C7H16N2OS. The van der Waals surface area contributed by atoms with E-state index < -0.39 is 0 Å². The predicted octanol–water partition coefficient (Wildman–Crippen LogP) is 0.203. The molecule has 4 heteroatoms. The topological polar surface area (TPSA) is 55.1 Å². The number of rotatable bonds is 5. The summed E-state index contributed by atoms with van der Waals surface area (Å²) < 4.78 is 0. The van der Waals surface area contributed by atoms with Crippen LogP contribution in [-0.4, -0.2) is 30.5 Å². The zero-order valence-corrected chi connectivity index (χ0v) is 7.91. The van der Waals surface area contributed by atoms with Gasteiger partial charge in [0.2, 0.25) is 5.91 Å². The highest BCUT2D eigenvalue weighted by Gasteiger charge is 2.03. The summed E-state index contributed by atoms with van der Waals surface area (Å²) in [7, 11) is 0. The summed E-state index contributed by atoms with van der Waals surface area (Å²) in [6.45, 7) is 2.40. The van der Waals surface area contributed by atoms with Crippen molar-refractivity contribution in [2.45, 2.75) is 19.4 Å². The molecule has 0 saturated heterocycles. The number of hydrogen-bond acceptors (Lipinski definition) is 3. The maximum absolute atomic E-state index is 11.0. The number of amides is 1. The monoisotopic (exact) mass is 176 g/mol. The van der Waals surface area contributed by atoms with Gasteiger partial charge in [0.25, 0.3) is 0 Å². The maximum atomic E-state index is 11.0. The molecule has 0 rings (SSSR count). The Morgan fingerprint density at radius 3 is 2.82 bits per heavy atom. The number of nitrogens with one attached hydrogen (secondary N) is 1. The molecule has 0 radical (unpaired) electrons. The number of carbonyl (C=O) groups excluding carboxylic acids is 1. The first-order valence-corrected chi connectivity index (χ1v) is 5.08. The van der Waals surface area contributed by atoms with Crippen LogP contribution in [0.2, 0.25) is 0 Å². The summed E-state index contributed by atoms with van der Waals surface area (Å²) >= 11 is 1.67. The Kier molecular flexibility index (Phi) is 6.36. The van der Waals surface area contributed by atoms with Gasteiger partial charge in [-0.2, -0.15) is 11.8 Å². The van der Waals surface area contributed by atoms with Crippen molar-refractivity contribution in [3.63, 3.8) is 0 Å². The molecule has 0 bridgehead atoms. The minimum absolute atomic E-state index is 0.0947. The largest absolute Gasteiger partial charge is 0.352 e. The molecule has 11 heavy (non-hydrogen) atoms. The summed E-state index contributed by atoms with van der Waals surface area (Å²) in [5, 5.41) is 2.79. The summed E-state index contributed by atoms with van der Waals surface area (Å²) in [4.78, 5) is 11.0. The van der Waals surface area contributed by atoms with Crippen molar-refractivity contribution < 1.29 is 4.79 Å². The molecule has 0 heterocycles. The molecule has 0 aromatic rings. The minimum atomic E-state index is 0.0947. The van der Waals surface area contributed by atoms with E-state index >= 15 is 0 Å². The molecule has 3 N–H and O–H groups in total. The van der Waals surface area contributed by atoms with Crippen molar-refractivity contribution in [3.8, 4) is 0 Å². The molecule has 3 nitrogen and oxygen atoms in total. The van der Waals surface area contributed by atoms with E-state index in [9.17, 15) is 4.79 Å². The third kappa shape index (κ3) is 6.19. The van der Waals surface area contributed by atoms with E-state index in [0.29, 0.717) is 13.0 Å². The van der Waals surface area contributed by atoms with Crippen molar-refractivity contribution in [3.05, 3.63) is 0 Å². The molecule has 0 unspecified atom stereocenters. The van der Waals surface area contributed by atoms with Crippen LogP contribution in [0, 0.1) is 0 Å². The molecule has 0 aromatic carbocycles. The minimum Gasteiger partial charge on any atom is -0.352 e. The van der Waals surface area contributed by atoms with Crippen molar-refractivity contribution in [2.75, 3.05) is 18.6 Å². The third-order valence-electron chi connectivity index (χ3n) is 1.29. The summed E-state index contributed by atoms with van der Waals surface area (Å²) in [6.07, 6.45) is 2.57. The van der Waals surface area contributed by atoms with Gasteiger partial charge in [0, 0.05) is 24.8 Å². The Morgan fingerprint density at radius 2 is 2.36 bits per heavy atom. The van der Waals surface area contributed by atoms with Crippen LogP contribution >= 0.6 is 11.8 Å². The summed E-state index contributed by atoms with van der Waals surface area (Å²) in [6, 6.07) is 0.101. The van der Waals surface area contributed by atoms with Gasteiger partial charge in [0.15, 0.2) is 0 Å². The van der Waals surface area contributed by atoms with Crippen LogP contribution in [0.5, 0.6) is 0 Å². The first-order chi connectivity index (χ1) is 5.20. The van der Waals surface area contributed by atoms with Crippen molar-refractivity contribution >= 4 is 17.7 Å². The first-order valence-electron chi connectivity index (χ1n) is 3.69. The Balaban J connectivity index is 3.36. The average molecular weight is 176 g/mol. The lowest BCUT2D eigenvalue weighted by molar-refractivity contribution is -0.121. The molecule has 0 aliphatic carbocycles. The van der Waals surface area contributed by atoms with E-state index in [1.165, 1.54) is 0 Å². The van der Waals surface area contributed by atoms with Crippen LogP contribution in [0.3, 0.4) is 0 Å². The van der Waals surface area contributed by atoms with Gasteiger partial charge < -0.3 is 11.1 Å². The third-order valence-corrected chi connectivity index (χ3v) is 1.91. The molecule has 0 aromatic heterocycles. The van der Waals surface area contributed by atoms with Gasteiger partial charge in [-0.05, 0) is 13.2 Å². The van der Waals surface area contributed by atoms with Crippen LogP contribution in [0.4, 0.5) is 0 Å². The predicted molar refractivity (Wildman–Crippen MR) is 49.7 cm³/mol. The van der Waals surface area contributed by atoms with Crippen LogP contribution < -0.4 is 11.1 Å². The molecule has 1 atom stereocenters. The highest BCUT2D eigenvalue weighted by molar-refractivity contribution is 7.98. The summed E-state index contributed by atoms with van der Waals surface area (Å²) in [5.41, 5.74) is 5.33. The second-order valence-electron chi connectivity index (χ2n) is 2.45. The van der Waals surface area contributed by atoms with Crippen LogP contribution in [0.1, 0.15) is 13.3 Å². The highest BCUT2D eigenvalue weighted by atomic mass is 32.2. The van der Waals surface area contributed by atoms with Gasteiger partial charge in [-0.25, -0.2) is 0 Å². The fraction of sp³-hybridized carbons (Fsp3) is 0.857. The van der Waals surface area contributed by atoms with E-state index in [-0.39, 0.29) is 11.9 Å². The van der Waals surface area contributed by atoms with E-state index in [2.05, 4.69) is 5.32 Å². The van der Waals surface area contributed by atoms with E-state index in [1.54, 1.807) is 11.8 Å².